The molecule has 5 rings (SSSR count). The average molecular weight is 510 g/mol. The number of carbonyl (C=O) groups excluding carboxylic acids is 1. The molecular formula is C27H25F2N3O3S. The maximum atomic E-state index is 13.8. The molecule has 6 nitrogen and oxygen atoms in total. The standard InChI is InChI=1S/C27H25F2N3O3S/c28-21-6-3-7-22(29)20(21)13-30-26(35)23-14-32-15-24(36-27(32)31-23)17-10-8-16(9-11-17)19-5-2-1-4-18(19)12-25(33)34/h3,6-11,14-15,18-19H,1-2,4-5,12-13H2,(H,30,35)(H,33,34). The van der Waals surface area contributed by atoms with Crippen molar-refractivity contribution in [3.8, 4) is 10.4 Å². The first-order valence-corrected chi connectivity index (χ1v) is 12.7. The summed E-state index contributed by atoms with van der Waals surface area (Å²) in [5, 5.41) is 11.8. The quantitative estimate of drug-likeness (QED) is 0.319. The number of halogens is 2. The molecule has 4 aromatic rings. The predicted octanol–water partition coefficient (Wildman–Crippen LogP) is 6.02. The molecule has 0 saturated heterocycles. The largest absolute Gasteiger partial charge is 0.481 e. The number of imidazole rings is 1. The van der Waals surface area contributed by atoms with Gasteiger partial charge in [-0.15, -0.1) is 0 Å². The van der Waals surface area contributed by atoms with Gasteiger partial charge < -0.3 is 10.4 Å². The lowest BCUT2D eigenvalue weighted by atomic mass is 9.74. The van der Waals surface area contributed by atoms with Crippen LogP contribution in [0.2, 0.25) is 0 Å². The number of carboxylic acids is 1. The molecule has 1 saturated carbocycles. The lowest BCUT2D eigenvalue weighted by Gasteiger charge is -2.31. The monoisotopic (exact) mass is 509 g/mol. The van der Waals surface area contributed by atoms with Gasteiger partial charge in [-0.25, -0.2) is 13.8 Å². The fourth-order valence-electron chi connectivity index (χ4n) is 5.01. The third-order valence-corrected chi connectivity index (χ3v) is 7.89. The lowest BCUT2D eigenvalue weighted by Crippen LogP contribution is -2.24. The molecule has 2 aromatic carbocycles. The van der Waals surface area contributed by atoms with Gasteiger partial charge >= 0.3 is 5.97 Å². The zero-order valence-electron chi connectivity index (χ0n) is 19.4. The van der Waals surface area contributed by atoms with Crippen molar-refractivity contribution in [2.45, 2.75) is 44.6 Å². The maximum Gasteiger partial charge on any atom is 0.303 e. The Morgan fingerprint density at radius 1 is 1.06 bits per heavy atom. The lowest BCUT2D eigenvalue weighted by molar-refractivity contribution is -0.138. The number of amides is 1. The van der Waals surface area contributed by atoms with E-state index < -0.39 is 23.5 Å². The van der Waals surface area contributed by atoms with Crippen LogP contribution >= 0.6 is 11.3 Å². The summed E-state index contributed by atoms with van der Waals surface area (Å²) in [4.78, 5) is 29.7. The van der Waals surface area contributed by atoms with Crippen molar-refractivity contribution < 1.29 is 23.5 Å². The van der Waals surface area contributed by atoms with Crippen molar-refractivity contribution in [1.29, 1.82) is 0 Å². The van der Waals surface area contributed by atoms with Crippen molar-refractivity contribution in [1.82, 2.24) is 14.7 Å². The van der Waals surface area contributed by atoms with Gasteiger partial charge in [0.1, 0.15) is 17.3 Å². The molecule has 2 aromatic heterocycles. The van der Waals surface area contributed by atoms with E-state index in [-0.39, 0.29) is 36.1 Å². The molecule has 1 aliphatic rings. The van der Waals surface area contributed by atoms with Crippen LogP contribution in [0, 0.1) is 17.6 Å². The van der Waals surface area contributed by atoms with Gasteiger partial charge in [0.25, 0.3) is 5.91 Å². The molecule has 9 heteroatoms. The van der Waals surface area contributed by atoms with E-state index >= 15 is 0 Å². The van der Waals surface area contributed by atoms with Crippen molar-refractivity contribution in [2.24, 2.45) is 5.92 Å². The second-order valence-corrected chi connectivity index (χ2v) is 10.2. The fourth-order valence-corrected chi connectivity index (χ4v) is 5.98. The number of thiazole rings is 1. The minimum absolute atomic E-state index is 0.168. The van der Waals surface area contributed by atoms with Crippen LogP contribution in [0.15, 0.2) is 54.9 Å². The number of aliphatic carboxylic acids is 1. The molecule has 1 aliphatic carbocycles. The Bertz CT molecular complexity index is 1360. The Balaban J connectivity index is 1.28. The zero-order chi connectivity index (χ0) is 25.2. The number of aromatic nitrogens is 2. The highest BCUT2D eigenvalue weighted by Crippen LogP contribution is 2.40. The molecule has 0 spiro atoms. The average Bonchev–Trinajstić information content (AvgIpc) is 3.44. The summed E-state index contributed by atoms with van der Waals surface area (Å²) in [6, 6.07) is 11.8. The van der Waals surface area contributed by atoms with E-state index in [1.165, 1.54) is 23.0 Å². The van der Waals surface area contributed by atoms with Crippen LogP contribution in [0.5, 0.6) is 0 Å². The third kappa shape index (κ3) is 5.02. The summed E-state index contributed by atoms with van der Waals surface area (Å²) in [6.45, 7) is -0.269. The minimum atomic E-state index is -0.738. The Morgan fingerprint density at radius 3 is 2.47 bits per heavy atom. The highest BCUT2D eigenvalue weighted by molar-refractivity contribution is 7.20. The number of fused-ring (bicyclic) bond motifs is 1. The number of nitrogens with one attached hydrogen (secondary N) is 1. The molecule has 2 N–H and O–H groups in total. The highest BCUT2D eigenvalue weighted by atomic mass is 32.1. The first kappa shape index (κ1) is 24.1. The van der Waals surface area contributed by atoms with Crippen molar-refractivity contribution >= 4 is 28.2 Å². The summed E-state index contributed by atoms with van der Waals surface area (Å²) in [5.41, 5.74) is 2.17. The SMILES string of the molecule is O=C(O)CC1CCCCC1c1ccc(-c2cn3cc(C(=O)NCc4c(F)cccc4F)nc3s2)cc1. The zero-order valence-corrected chi connectivity index (χ0v) is 20.2. The predicted molar refractivity (Wildman–Crippen MR) is 133 cm³/mol. The molecule has 1 fully saturated rings. The van der Waals surface area contributed by atoms with Gasteiger partial charge in [0, 0.05) is 30.9 Å². The van der Waals surface area contributed by atoms with E-state index in [0.717, 1.165) is 48.3 Å². The van der Waals surface area contributed by atoms with Crippen LogP contribution in [0.25, 0.3) is 15.4 Å². The number of hydrogen-bond donors (Lipinski definition) is 2. The molecule has 186 valence electrons. The molecule has 0 aliphatic heterocycles. The van der Waals surface area contributed by atoms with Crippen LogP contribution in [-0.2, 0) is 11.3 Å². The van der Waals surface area contributed by atoms with E-state index in [2.05, 4.69) is 22.4 Å². The Kier molecular flexibility index (Phi) is 6.82. The Labute approximate surface area is 210 Å². The number of benzene rings is 2. The molecule has 2 unspecified atom stereocenters. The van der Waals surface area contributed by atoms with Gasteiger partial charge in [-0.3, -0.25) is 14.0 Å². The van der Waals surface area contributed by atoms with Crippen molar-refractivity contribution in [3.63, 3.8) is 0 Å². The minimum Gasteiger partial charge on any atom is -0.481 e. The molecule has 2 atom stereocenters. The summed E-state index contributed by atoms with van der Waals surface area (Å²) < 4.78 is 29.3. The maximum absolute atomic E-state index is 13.8. The van der Waals surface area contributed by atoms with E-state index in [1.807, 2.05) is 18.3 Å². The van der Waals surface area contributed by atoms with Crippen molar-refractivity contribution in [2.75, 3.05) is 0 Å². The van der Waals surface area contributed by atoms with Crippen LogP contribution < -0.4 is 5.32 Å². The van der Waals surface area contributed by atoms with E-state index in [4.69, 9.17) is 0 Å². The molecule has 0 bridgehead atoms. The summed E-state index contributed by atoms with van der Waals surface area (Å²) >= 11 is 1.43. The van der Waals surface area contributed by atoms with E-state index in [9.17, 15) is 23.5 Å². The number of carboxylic acid groups (broad SMARTS) is 1. The smallest absolute Gasteiger partial charge is 0.303 e. The van der Waals surface area contributed by atoms with Gasteiger partial charge in [-0.1, -0.05) is 54.5 Å². The summed E-state index contributed by atoms with van der Waals surface area (Å²) in [5.74, 6) is -2.23. The van der Waals surface area contributed by atoms with Gasteiger partial charge in [-0.05, 0) is 47.9 Å². The number of carbonyl (C=O) groups is 2. The van der Waals surface area contributed by atoms with Gasteiger partial charge in [0.05, 0.1) is 4.88 Å². The third-order valence-electron chi connectivity index (χ3n) is 6.85. The second kappa shape index (κ2) is 10.2. The molecule has 36 heavy (non-hydrogen) atoms. The van der Waals surface area contributed by atoms with Gasteiger partial charge in [0.2, 0.25) is 0 Å². The summed E-state index contributed by atoms with van der Waals surface area (Å²) in [7, 11) is 0. The highest BCUT2D eigenvalue weighted by Gasteiger charge is 2.28. The Morgan fingerprint density at radius 2 is 1.78 bits per heavy atom. The number of nitrogens with zero attached hydrogens (tertiary/aromatic N) is 2. The molecule has 2 heterocycles. The van der Waals surface area contributed by atoms with Gasteiger partial charge in [-0.2, -0.15) is 0 Å². The molecule has 0 radical (unpaired) electrons. The number of hydrogen-bond acceptors (Lipinski definition) is 4. The normalized spacial score (nSPS) is 17.8. The van der Waals surface area contributed by atoms with Crippen molar-refractivity contribution in [3.05, 3.63) is 83.3 Å². The van der Waals surface area contributed by atoms with Crippen LogP contribution in [0.1, 0.15) is 59.6 Å². The van der Waals surface area contributed by atoms with Gasteiger partial charge in [0.15, 0.2) is 4.96 Å². The molecule has 1 amide bonds. The fraction of sp³-hybridized carbons (Fsp3) is 0.296. The topological polar surface area (TPSA) is 83.7 Å². The van der Waals surface area contributed by atoms with Crippen LogP contribution in [0.4, 0.5) is 8.78 Å². The first-order valence-electron chi connectivity index (χ1n) is 11.9. The number of rotatable bonds is 7. The van der Waals surface area contributed by atoms with E-state index in [0.29, 0.717) is 4.96 Å². The van der Waals surface area contributed by atoms with E-state index in [1.54, 1.807) is 10.6 Å². The Hall–Kier alpha value is -3.59. The molecular weight excluding hydrogens is 484 g/mol. The summed E-state index contributed by atoms with van der Waals surface area (Å²) in [6.07, 6.45) is 7.86. The second-order valence-electron chi connectivity index (χ2n) is 9.17. The van der Waals surface area contributed by atoms with Crippen LogP contribution in [0.3, 0.4) is 0 Å². The first-order chi connectivity index (χ1) is 17.4. The van der Waals surface area contributed by atoms with Crippen LogP contribution in [-0.4, -0.2) is 26.4 Å².